The third-order valence-electron chi connectivity index (χ3n) is 4.81. The highest BCUT2D eigenvalue weighted by molar-refractivity contribution is 8.00. The maximum Gasteiger partial charge on any atom is 0.290 e. The van der Waals surface area contributed by atoms with Crippen molar-refractivity contribution >= 4 is 35.2 Å². The molecule has 180 valence electrons. The number of hydrogen-bond donors (Lipinski definition) is 3. The van der Waals surface area contributed by atoms with Crippen LogP contribution in [0, 0.1) is 6.92 Å². The van der Waals surface area contributed by atoms with Crippen LogP contribution in [-0.4, -0.2) is 47.8 Å². The van der Waals surface area contributed by atoms with Gasteiger partial charge in [0.2, 0.25) is 0 Å². The molecule has 0 spiro atoms. The first kappa shape index (κ1) is 24.9. The summed E-state index contributed by atoms with van der Waals surface area (Å²) in [5, 5.41) is 19.4. The van der Waals surface area contributed by atoms with E-state index in [9.17, 15) is 0 Å². The summed E-state index contributed by atoms with van der Waals surface area (Å²) in [6.07, 6.45) is 3.88. The molecule has 10 nitrogen and oxygen atoms in total. The first-order valence-electron chi connectivity index (χ1n) is 10.3. The van der Waals surface area contributed by atoms with Crippen LogP contribution in [0.1, 0.15) is 16.7 Å². The van der Waals surface area contributed by atoms with Crippen LogP contribution in [0.2, 0.25) is 0 Å². The van der Waals surface area contributed by atoms with Crippen molar-refractivity contribution in [3.05, 3.63) is 59.4 Å². The lowest BCUT2D eigenvalue weighted by Crippen LogP contribution is -2.04. The van der Waals surface area contributed by atoms with Crippen LogP contribution in [0.5, 0.6) is 11.5 Å². The summed E-state index contributed by atoms with van der Waals surface area (Å²) in [4.78, 5) is 9.32. The van der Waals surface area contributed by atoms with Gasteiger partial charge in [-0.05, 0) is 61.3 Å². The molecule has 0 atom stereocenters. The number of rotatable bonds is 9. The number of benzene rings is 2. The Bertz CT molecular complexity index is 1240. The zero-order valence-electron chi connectivity index (χ0n) is 19.4. The Balaban J connectivity index is 0.00000103. The molecule has 2 heterocycles. The molecule has 4 aromatic rings. The van der Waals surface area contributed by atoms with Crippen molar-refractivity contribution in [2.75, 3.05) is 26.0 Å². The summed E-state index contributed by atoms with van der Waals surface area (Å²) in [5.74, 6) is 2.08. The van der Waals surface area contributed by atoms with Crippen molar-refractivity contribution in [2.45, 2.75) is 24.9 Å². The molecular formula is C23H27N5O5S. The van der Waals surface area contributed by atoms with Gasteiger partial charge in [-0.2, -0.15) is 5.10 Å². The van der Waals surface area contributed by atoms with Crippen molar-refractivity contribution in [2.24, 2.45) is 0 Å². The normalized spacial score (nSPS) is 10.5. The van der Waals surface area contributed by atoms with Crippen LogP contribution in [0.4, 0.5) is 5.82 Å². The number of methoxy groups -OCH3 is 2. The molecule has 0 saturated carbocycles. The highest BCUT2D eigenvalue weighted by Gasteiger charge is 2.17. The quantitative estimate of drug-likeness (QED) is 0.237. The molecule has 34 heavy (non-hydrogen) atoms. The van der Waals surface area contributed by atoms with Gasteiger partial charge in [-0.15, -0.1) is 0 Å². The number of nitrogens with one attached hydrogen (secondary N) is 2. The maximum atomic E-state index is 8.36. The van der Waals surface area contributed by atoms with Crippen LogP contribution < -0.4 is 19.5 Å². The number of aryl methyl sites for hydroxylation is 1. The van der Waals surface area contributed by atoms with Gasteiger partial charge < -0.3 is 29.1 Å². The second-order valence-electron chi connectivity index (χ2n) is 7.24. The predicted molar refractivity (Wildman–Crippen MR) is 131 cm³/mol. The third-order valence-corrected chi connectivity index (χ3v) is 5.64. The van der Waals surface area contributed by atoms with Gasteiger partial charge in [0.25, 0.3) is 6.47 Å². The number of hydrogen-bond acceptors (Lipinski definition) is 9. The molecule has 2 aromatic heterocycles. The number of carboxylic acid groups (broad SMARTS) is 1. The Morgan fingerprint density at radius 3 is 2.65 bits per heavy atom. The monoisotopic (exact) mass is 485 g/mol. The van der Waals surface area contributed by atoms with Crippen molar-refractivity contribution < 1.29 is 23.9 Å². The minimum absolute atomic E-state index is 0.250. The van der Waals surface area contributed by atoms with Crippen LogP contribution in [0.3, 0.4) is 0 Å². The average molecular weight is 486 g/mol. The van der Waals surface area contributed by atoms with E-state index in [1.54, 1.807) is 14.2 Å². The number of nitrogens with zero attached hydrogens (tertiary/aromatic N) is 3. The molecule has 3 N–H and O–H groups in total. The molecule has 0 aliphatic heterocycles. The van der Waals surface area contributed by atoms with Crippen molar-refractivity contribution in [3.8, 4) is 11.5 Å². The summed E-state index contributed by atoms with van der Waals surface area (Å²) in [6, 6.07) is 9.97. The number of fused-ring (bicyclic) bond motifs is 1. The van der Waals surface area contributed by atoms with Gasteiger partial charge in [0, 0.05) is 18.3 Å². The smallest absolute Gasteiger partial charge is 0.290 e. The van der Waals surface area contributed by atoms with Gasteiger partial charge in [-0.1, -0.05) is 11.2 Å². The fourth-order valence-electron chi connectivity index (χ4n) is 3.35. The van der Waals surface area contributed by atoms with E-state index in [-0.39, 0.29) is 6.47 Å². The molecule has 0 aliphatic rings. The Labute approximate surface area is 201 Å². The first-order valence-corrected chi connectivity index (χ1v) is 11.1. The first-order chi connectivity index (χ1) is 16.5. The maximum absolute atomic E-state index is 8.36. The molecule has 4 rings (SSSR count). The second-order valence-corrected chi connectivity index (χ2v) is 8.09. The fourth-order valence-corrected chi connectivity index (χ4v) is 4.20. The zero-order chi connectivity index (χ0) is 24.5. The molecule has 11 heteroatoms. The molecule has 0 aliphatic carbocycles. The zero-order valence-corrected chi connectivity index (χ0v) is 20.2. The minimum Gasteiger partial charge on any atom is -0.496 e. The van der Waals surface area contributed by atoms with E-state index in [1.165, 1.54) is 11.9 Å². The topological polar surface area (TPSA) is 124 Å². The van der Waals surface area contributed by atoms with Crippen molar-refractivity contribution in [1.29, 1.82) is 0 Å². The van der Waals surface area contributed by atoms with E-state index < -0.39 is 0 Å². The van der Waals surface area contributed by atoms with Crippen LogP contribution in [0.25, 0.3) is 11.0 Å². The van der Waals surface area contributed by atoms with Crippen LogP contribution in [0.15, 0.2) is 52.1 Å². The van der Waals surface area contributed by atoms with E-state index >= 15 is 0 Å². The lowest BCUT2D eigenvalue weighted by molar-refractivity contribution is -0.122. The number of carbonyl (C=O) groups is 1. The fraction of sp³-hybridized carbons (Fsp3) is 0.261. The van der Waals surface area contributed by atoms with Gasteiger partial charge in [0.05, 0.1) is 31.9 Å². The molecule has 0 fully saturated rings. The van der Waals surface area contributed by atoms with Gasteiger partial charge >= 0.3 is 0 Å². The Morgan fingerprint density at radius 1 is 1.18 bits per heavy atom. The van der Waals surface area contributed by atoms with Gasteiger partial charge in [-0.25, -0.2) is 0 Å². The largest absolute Gasteiger partial charge is 0.496 e. The molecule has 0 radical (unpaired) electrons. The predicted octanol–water partition coefficient (Wildman–Crippen LogP) is 3.94. The number of aromatic nitrogens is 3. The average Bonchev–Trinajstić information content (AvgIpc) is 3.44. The lowest BCUT2D eigenvalue weighted by atomic mass is 10.1. The molecule has 2 aromatic carbocycles. The SMILES string of the molecule is CNCc1cnn(Cc2cc(OC)c3c(NSc4cc(C)ccc4OC)noc3c2)c1.O=CO. The molecule has 0 saturated heterocycles. The summed E-state index contributed by atoms with van der Waals surface area (Å²) in [7, 11) is 5.22. The Morgan fingerprint density at radius 2 is 1.94 bits per heavy atom. The molecule has 0 amide bonds. The number of ether oxygens (including phenoxy) is 2. The minimum atomic E-state index is -0.250. The van der Waals surface area contributed by atoms with Crippen LogP contribution in [-0.2, 0) is 17.9 Å². The molecular weight excluding hydrogens is 458 g/mol. The standard InChI is InChI=1S/C22H25N5O3S.CH2O2/c1-14-5-6-17(28-3)20(7-14)31-26-22-21-18(29-4)8-15(9-19(21)30-25-22)12-27-13-16(10-23-2)11-24-27;2-1-3/h5-9,11,13,23H,10,12H2,1-4H3,(H,25,26);1H,(H,2,3). The number of anilines is 1. The van der Waals surface area contributed by atoms with E-state index in [2.05, 4.69) is 26.4 Å². The summed E-state index contributed by atoms with van der Waals surface area (Å²) in [6.45, 7) is 3.18. The summed E-state index contributed by atoms with van der Waals surface area (Å²) in [5.41, 5.74) is 3.94. The third kappa shape index (κ3) is 6.00. The lowest BCUT2D eigenvalue weighted by Gasteiger charge is -2.10. The highest BCUT2D eigenvalue weighted by Crippen LogP contribution is 2.37. The van der Waals surface area contributed by atoms with Crippen molar-refractivity contribution in [1.82, 2.24) is 20.3 Å². The Kier molecular flexibility index (Phi) is 8.77. The van der Waals surface area contributed by atoms with Gasteiger partial charge in [0.1, 0.15) is 16.9 Å². The molecule has 0 bridgehead atoms. The van der Waals surface area contributed by atoms with Gasteiger partial charge in [-0.3, -0.25) is 9.48 Å². The van der Waals surface area contributed by atoms with Crippen LogP contribution >= 0.6 is 11.9 Å². The van der Waals surface area contributed by atoms with E-state index in [4.69, 9.17) is 23.9 Å². The Hall–Kier alpha value is -3.70. The highest BCUT2D eigenvalue weighted by atomic mass is 32.2. The van der Waals surface area contributed by atoms with E-state index in [1.807, 2.05) is 55.3 Å². The van der Waals surface area contributed by atoms with Crippen molar-refractivity contribution in [3.63, 3.8) is 0 Å². The second kappa shape index (κ2) is 12.0. The summed E-state index contributed by atoms with van der Waals surface area (Å²) >= 11 is 1.42. The van der Waals surface area contributed by atoms with Gasteiger partial charge in [0.15, 0.2) is 11.4 Å². The molecule has 0 unspecified atom stereocenters. The summed E-state index contributed by atoms with van der Waals surface area (Å²) < 4.78 is 21.9. The van der Waals surface area contributed by atoms with E-state index in [0.29, 0.717) is 23.7 Å². The van der Waals surface area contributed by atoms with E-state index in [0.717, 1.165) is 39.3 Å².